The van der Waals surface area contributed by atoms with E-state index < -0.39 is 17.4 Å². The van der Waals surface area contributed by atoms with Gasteiger partial charge in [-0.15, -0.1) is 0 Å². The molecule has 2 saturated heterocycles. The third-order valence-electron chi connectivity index (χ3n) is 6.36. The summed E-state index contributed by atoms with van der Waals surface area (Å²) in [7, 11) is 0. The van der Waals surface area contributed by atoms with Crippen molar-refractivity contribution in [3.05, 3.63) is 65.7 Å². The van der Waals surface area contributed by atoms with Crippen molar-refractivity contribution in [1.29, 1.82) is 0 Å². The number of fused-ring (bicyclic) bond motifs is 4. The average molecular weight is 348 g/mol. The van der Waals surface area contributed by atoms with Crippen LogP contribution in [0.5, 0.6) is 0 Å². The van der Waals surface area contributed by atoms with E-state index in [0.29, 0.717) is 0 Å². The van der Waals surface area contributed by atoms with Crippen LogP contribution in [0.25, 0.3) is 0 Å². The number of rotatable bonds is 2. The lowest BCUT2D eigenvalue weighted by atomic mass is 9.72. The Morgan fingerprint density at radius 3 is 2.62 bits per heavy atom. The Morgan fingerprint density at radius 2 is 1.85 bits per heavy atom. The number of carbonyl (C=O) groups excluding carboxylic acids is 1. The Balaban J connectivity index is 1.78. The first kappa shape index (κ1) is 15.6. The topological polar surface area (TPSA) is 69.6 Å². The highest BCUT2D eigenvalue weighted by atomic mass is 16.4. The fourth-order valence-electron chi connectivity index (χ4n) is 5.54. The number of benzene rings is 2. The van der Waals surface area contributed by atoms with Gasteiger partial charge in [0.15, 0.2) is 0 Å². The lowest BCUT2D eigenvalue weighted by Crippen LogP contribution is -2.52. The molecule has 0 radical (unpaired) electrons. The van der Waals surface area contributed by atoms with Gasteiger partial charge in [-0.05, 0) is 31.0 Å². The summed E-state index contributed by atoms with van der Waals surface area (Å²) in [6, 6.07) is 17.4. The monoisotopic (exact) mass is 348 g/mol. The van der Waals surface area contributed by atoms with Gasteiger partial charge >= 0.3 is 5.97 Å². The molecule has 1 spiro atoms. The Morgan fingerprint density at radius 1 is 1.12 bits per heavy atom. The Bertz CT molecular complexity index is 897. The quantitative estimate of drug-likeness (QED) is 0.876. The van der Waals surface area contributed by atoms with Gasteiger partial charge in [-0.25, -0.2) is 0 Å². The van der Waals surface area contributed by atoms with Gasteiger partial charge in [0.2, 0.25) is 0 Å². The molecule has 2 fully saturated rings. The molecule has 0 unspecified atom stereocenters. The number of carboxylic acids is 1. The number of hydrogen-bond donors (Lipinski definition) is 2. The third-order valence-corrected chi connectivity index (χ3v) is 6.36. The lowest BCUT2D eigenvalue weighted by Gasteiger charge is -2.35. The lowest BCUT2D eigenvalue weighted by molar-refractivity contribution is -0.150. The van der Waals surface area contributed by atoms with Crippen LogP contribution >= 0.6 is 0 Å². The second kappa shape index (κ2) is 5.42. The molecule has 3 heterocycles. The van der Waals surface area contributed by atoms with E-state index in [1.165, 1.54) is 0 Å². The van der Waals surface area contributed by atoms with Crippen LogP contribution in [0.4, 0.5) is 5.69 Å². The normalized spacial score (nSPS) is 32.5. The van der Waals surface area contributed by atoms with Crippen LogP contribution in [0.3, 0.4) is 0 Å². The van der Waals surface area contributed by atoms with Crippen LogP contribution in [0, 0.1) is 5.92 Å². The molecule has 26 heavy (non-hydrogen) atoms. The molecule has 4 atom stereocenters. The average Bonchev–Trinajstić information content (AvgIpc) is 3.29. The summed E-state index contributed by atoms with van der Waals surface area (Å²) in [5, 5.41) is 13.2. The van der Waals surface area contributed by atoms with E-state index in [4.69, 9.17) is 0 Å². The van der Waals surface area contributed by atoms with Gasteiger partial charge in [0, 0.05) is 23.2 Å². The van der Waals surface area contributed by atoms with Crippen molar-refractivity contribution in [2.24, 2.45) is 5.92 Å². The first-order chi connectivity index (χ1) is 12.7. The fourth-order valence-corrected chi connectivity index (χ4v) is 5.54. The number of nitrogens with one attached hydrogen (secondary N) is 1. The second-order valence-electron chi connectivity index (χ2n) is 7.42. The summed E-state index contributed by atoms with van der Waals surface area (Å²) in [6.07, 6.45) is 1.90. The van der Waals surface area contributed by atoms with Crippen LogP contribution in [0.1, 0.15) is 29.9 Å². The molecule has 0 bridgehead atoms. The predicted molar refractivity (Wildman–Crippen MR) is 96.8 cm³/mol. The minimum Gasteiger partial charge on any atom is -0.481 e. The highest BCUT2D eigenvalue weighted by molar-refractivity contribution is 6.09. The predicted octanol–water partition coefficient (Wildman–Crippen LogP) is 2.80. The van der Waals surface area contributed by atoms with E-state index in [1.807, 2.05) is 54.6 Å². The van der Waals surface area contributed by atoms with Crippen molar-refractivity contribution < 1.29 is 14.7 Å². The van der Waals surface area contributed by atoms with Crippen LogP contribution in [0.15, 0.2) is 54.6 Å². The molecule has 0 aliphatic carbocycles. The molecule has 3 aliphatic rings. The zero-order chi connectivity index (χ0) is 17.9. The molecule has 1 amide bonds. The molecule has 2 aromatic carbocycles. The highest BCUT2D eigenvalue weighted by Gasteiger charge is 2.69. The molecule has 2 N–H and O–H groups in total. The maximum atomic E-state index is 13.3. The van der Waals surface area contributed by atoms with Crippen LogP contribution in [0.2, 0.25) is 0 Å². The Hall–Kier alpha value is -2.66. The number of aliphatic carboxylic acids is 1. The van der Waals surface area contributed by atoms with Gasteiger partial charge in [-0.2, -0.15) is 0 Å². The number of hydrogen-bond acceptors (Lipinski definition) is 3. The van der Waals surface area contributed by atoms with Gasteiger partial charge in [-0.1, -0.05) is 48.5 Å². The van der Waals surface area contributed by atoms with Crippen LogP contribution in [-0.4, -0.2) is 34.5 Å². The molecular formula is C21H20N2O3. The summed E-state index contributed by atoms with van der Waals surface area (Å²) in [6.45, 7) is 0.750. The minimum absolute atomic E-state index is 0.0652. The molecule has 132 valence electrons. The van der Waals surface area contributed by atoms with Crippen molar-refractivity contribution in [3.63, 3.8) is 0 Å². The standard InChI is InChI=1S/C21H20N2O3/c24-19(25)18-17(13-7-2-1-3-8-13)16-11-6-12-23(16)21(18)14-9-4-5-10-15(14)22-20(21)26/h1-5,7-10,16-18H,6,11-12H2,(H,22,26)(H,24,25)/t16-,17-,18-,21+/m1/s1. The molecule has 0 aromatic heterocycles. The number of anilines is 1. The maximum Gasteiger partial charge on any atom is 0.309 e. The third kappa shape index (κ3) is 1.78. The Kier molecular flexibility index (Phi) is 3.25. The van der Waals surface area contributed by atoms with Crippen molar-refractivity contribution in [1.82, 2.24) is 4.90 Å². The van der Waals surface area contributed by atoms with Gasteiger partial charge in [0.25, 0.3) is 5.91 Å². The van der Waals surface area contributed by atoms with E-state index in [1.54, 1.807) is 0 Å². The number of para-hydroxylation sites is 1. The molecule has 5 heteroatoms. The summed E-state index contributed by atoms with van der Waals surface area (Å²) < 4.78 is 0. The molecule has 2 aromatic rings. The SMILES string of the molecule is O=C(O)[C@H]1[C@H](c2ccccc2)[C@H]2CCCN2[C@]12C(=O)Nc1ccccc12. The molecular weight excluding hydrogens is 328 g/mol. The zero-order valence-corrected chi connectivity index (χ0v) is 14.3. The second-order valence-corrected chi connectivity index (χ2v) is 7.42. The zero-order valence-electron chi connectivity index (χ0n) is 14.3. The minimum atomic E-state index is -1.12. The molecule has 5 nitrogen and oxygen atoms in total. The van der Waals surface area contributed by atoms with Crippen molar-refractivity contribution >= 4 is 17.6 Å². The van der Waals surface area contributed by atoms with Crippen LogP contribution < -0.4 is 5.32 Å². The number of carboxylic acid groups (broad SMARTS) is 1. The molecule has 3 aliphatic heterocycles. The van der Waals surface area contributed by atoms with Crippen molar-refractivity contribution in [3.8, 4) is 0 Å². The van der Waals surface area contributed by atoms with Crippen molar-refractivity contribution in [2.45, 2.75) is 30.3 Å². The van der Waals surface area contributed by atoms with E-state index in [9.17, 15) is 14.7 Å². The van der Waals surface area contributed by atoms with E-state index in [2.05, 4.69) is 10.2 Å². The van der Waals surface area contributed by atoms with Gasteiger partial charge in [0.1, 0.15) is 5.54 Å². The van der Waals surface area contributed by atoms with Gasteiger partial charge in [-0.3, -0.25) is 14.5 Å². The molecule has 0 saturated carbocycles. The first-order valence-corrected chi connectivity index (χ1v) is 9.11. The summed E-state index contributed by atoms with van der Waals surface area (Å²) in [5.41, 5.74) is 1.43. The first-order valence-electron chi connectivity index (χ1n) is 9.11. The van der Waals surface area contributed by atoms with E-state index in [0.717, 1.165) is 36.2 Å². The van der Waals surface area contributed by atoms with Gasteiger partial charge < -0.3 is 10.4 Å². The van der Waals surface area contributed by atoms with Gasteiger partial charge in [0.05, 0.1) is 5.92 Å². The van der Waals surface area contributed by atoms with Crippen LogP contribution in [-0.2, 0) is 15.1 Å². The smallest absolute Gasteiger partial charge is 0.309 e. The number of carbonyl (C=O) groups is 2. The largest absolute Gasteiger partial charge is 0.481 e. The fraction of sp³-hybridized carbons (Fsp3) is 0.333. The number of amides is 1. The summed E-state index contributed by atoms with van der Waals surface area (Å²) in [5.74, 6) is -2.11. The summed E-state index contributed by atoms with van der Waals surface area (Å²) in [4.78, 5) is 28.0. The van der Waals surface area contributed by atoms with Crippen molar-refractivity contribution in [2.75, 3.05) is 11.9 Å². The number of nitrogens with zero attached hydrogens (tertiary/aromatic N) is 1. The summed E-state index contributed by atoms with van der Waals surface area (Å²) >= 11 is 0. The highest BCUT2D eigenvalue weighted by Crippen LogP contribution is 2.60. The van der Waals surface area contributed by atoms with E-state index >= 15 is 0 Å². The molecule has 5 rings (SSSR count). The van der Waals surface area contributed by atoms with E-state index in [-0.39, 0.29) is 17.9 Å². The Labute approximate surface area is 151 Å². The maximum absolute atomic E-state index is 13.3.